The molecule has 16 heavy (non-hydrogen) atoms. The van der Waals surface area contributed by atoms with Crippen molar-refractivity contribution in [1.29, 1.82) is 0 Å². The van der Waals surface area contributed by atoms with E-state index in [1.165, 1.54) is 0 Å². The first-order chi connectivity index (χ1) is 7.68. The van der Waals surface area contributed by atoms with Crippen molar-refractivity contribution < 1.29 is 9.21 Å². The largest absolute Gasteiger partial charge is 0.472 e. The fourth-order valence-corrected chi connectivity index (χ4v) is 2.14. The van der Waals surface area contributed by atoms with E-state index >= 15 is 0 Å². The Labute approximate surface area is 95.6 Å². The van der Waals surface area contributed by atoms with Crippen LogP contribution in [0.15, 0.2) is 23.0 Å². The lowest BCUT2D eigenvalue weighted by atomic mass is 10.0. The van der Waals surface area contributed by atoms with E-state index in [-0.39, 0.29) is 11.9 Å². The molecule has 1 aromatic heterocycles. The van der Waals surface area contributed by atoms with Gasteiger partial charge in [0.25, 0.3) is 0 Å². The second-order valence-corrected chi connectivity index (χ2v) is 4.52. The highest BCUT2D eigenvalue weighted by molar-refractivity contribution is 5.82. The summed E-state index contributed by atoms with van der Waals surface area (Å²) in [6.07, 6.45) is 4.38. The van der Waals surface area contributed by atoms with Crippen molar-refractivity contribution in [1.82, 2.24) is 10.2 Å². The van der Waals surface area contributed by atoms with Crippen LogP contribution >= 0.6 is 0 Å². The lowest BCUT2D eigenvalue weighted by Crippen LogP contribution is -2.43. The maximum absolute atomic E-state index is 12.1. The Bertz CT molecular complexity index is 348. The third-order valence-electron chi connectivity index (χ3n) is 3.18. The quantitative estimate of drug-likeness (QED) is 0.836. The van der Waals surface area contributed by atoms with Crippen molar-refractivity contribution in [3.63, 3.8) is 0 Å². The van der Waals surface area contributed by atoms with Gasteiger partial charge >= 0.3 is 0 Å². The van der Waals surface area contributed by atoms with Crippen LogP contribution in [0, 0.1) is 5.92 Å². The van der Waals surface area contributed by atoms with E-state index in [0.29, 0.717) is 12.5 Å². The molecule has 0 radical (unpaired) electrons. The highest BCUT2D eigenvalue weighted by Gasteiger charge is 2.31. The molecule has 4 heteroatoms. The molecule has 0 saturated carbocycles. The van der Waals surface area contributed by atoms with Gasteiger partial charge in [0.1, 0.15) is 0 Å². The van der Waals surface area contributed by atoms with Crippen LogP contribution in [-0.2, 0) is 11.3 Å². The van der Waals surface area contributed by atoms with Gasteiger partial charge in [0.05, 0.1) is 18.6 Å². The summed E-state index contributed by atoms with van der Waals surface area (Å²) in [6.45, 7) is 3.67. The smallest absolute Gasteiger partial charge is 0.240 e. The van der Waals surface area contributed by atoms with Crippen LogP contribution in [0.1, 0.15) is 18.9 Å². The number of hydrogen-bond donors (Lipinski definition) is 1. The maximum atomic E-state index is 12.1. The van der Waals surface area contributed by atoms with Crippen molar-refractivity contribution in [2.75, 3.05) is 13.6 Å². The Hall–Kier alpha value is -1.29. The molecule has 1 N–H and O–H groups in total. The molecule has 1 aliphatic heterocycles. The SMILES string of the molecule is CC1CCNC1C(=O)N(C)Cc1ccoc1. The Morgan fingerprint density at radius 1 is 1.69 bits per heavy atom. The van der Waals surface area contributed by atoms with E-state index in [2.05, 4.69) is 12.2 Å². The second-order valence-electron chi connectivity index (χ2n) is 4.52. The number of furan rings is 1. The fraction of sp³-hybridized carbons (Fsp3) is 0.583. The fourth-order valence-electron chi connectivity index (χ4n) is 2.14. The molecule has 1 amide bonds. The average Bonchev–Trinajstić information content (AvgIpc) is 2.88. The molecular formula is C12H18N2O2. The first-order valence-corrected chi connectivity index (χ1v) is 5.68. The van der Waals surface area contributed by atoms with Gasteiger partial charge in [0, 0.05) is 19.2 Å². The molecule has 0 spiro atoms. The molecule has 1 fully saturated rings. The van der Waals surface area contributed by atoms with Crippen LogP contribution in [0.3, 0.4) is 0 Å². The lowest BCUT2D eigenvalue weighted by Gasteiger charge is -2.23. The van der Waals surface area contributed by atoms with Gasteiger partial charge in [-0.1, -0.05) is 6.92 Å². The number of likely N-dealkylation sites (N-methyl/N-ethyl adjacent to an activating group) is 1. The van der Waals surface area contributed by atoms with Gasteiger partial charge < -0.3 is 14.6 Å². The van der Waals surface area contributed by atoms with E-state index in [9.17, 15) is 4.79 Å². The van der Waals surface area contributed by atoms with E-state index in [1.54, 1.807) is 17.4 Å². The predicted octanol–water partition coefficient (Wildman–Crippen LogP) is 1.24. The number of amides is 1. The Morgan fingerprint density at radius 3 is 3.06 bits per heavy atom. The highest BCUT2D eigenvalue weighted by atomic mass is 16.3. The van der Waals surface area contributed by atoms with Crippen LogP contribution in [0.4, 0.5) is 0 Å². The number of rotatable bonds is 3. The van der Waals surface area contributed by atoms with Crippen molar-refractivity contribution in [2.45, 2.75) is 25.9 Å². The van der Waals surface area contributed by atoms with Gasteiger partial charge in [-0.25, -0.2) is 0 Å². The topological polar surface area (TPSA) is 45.5 Å². The molecule has 4 nitrogen and oxygen atoms in total. The van der Waals surface area contributed by atoms with Crippen LogP contribution in [0.25, 0.3) is 0 Å². The zero-order valence-corrected chi connectivity index (χ0v) is 9.77. The van der Waals surface area contributed by atoms with Gasteiger partial charge in [0.15, 0.2) is 0 Å². The van der Waals surface area contributed by atoms with Crippen molar-refractivity contribution >= 4 is 5.91 Å². The summed E-state index contributed by atoms with van der Waals surface area (Å²) in [5.74, 6) is 0.602. The Morgan fingerprint density at radius 2 is 2.50 bits per heavy atom. The summed E-state index contributed by atoms with van der Waals surface area (Å²) in [7, 11) is 1.84. The molecule has 2 atom stereocenters. The van der Waals surface area contributed by atoms with Gasteiger partial charge in [-0.15, -0.1) is 0 Å². The molecule has 1 saturated heterocycles. The molecule has 1 aliphatic rings. The Balaban J connectivity index is 1.94. The van der Waals surface area contributed by atoms with E-state index in [4.69, 9.17) is 4.42 Å². The molecule has 0 aliphatic carbocycles. The number of carbonyl (C=O) groups is 1. The van der Waals surface area contributed by atoms with Gasteiger partial charge in [-0.2, -0.15) is 0 Å². The number of nitrogens with one attached hydrogen (secondary N) is 1. The maximum Gasteiger partial charge on any atom is 0.240 e. The minimum Gasteiger partial charge on any atom is -0.472 e. The molecule has 88 valence electrons. The molecule has 1 aromatic rings. The summed E-state index contributed by atoms with van der Waals surface area (Å²) >= 11 is 0. The van der Waals surface area contributed by atoms with Crippen LogP contribution in [-0.4, -0.2) is 30.4 Å². The summed E-state index contributed by atoms with van der Waals surface area (Å²) in [6, 6.07) is 1.87. The van der Waals surface area contributed by atoms with E-state index < -0.39 is 0 Å². The van der Waals surface area contributed by atoms with E-state index in [1.807, 2.05) is 13.1 Å². The molecule has 2 unspecified atom stereocenters. The second kappa shape index (κ2) is 4.70. The number of hydrogen-bond acceptors (Lipinski definition) is 3. The third kappa shape index (κ3) is 2.27. The van der Waals surface area contributed by atoms with Crippen LogP contribution in [0.2, 0.25) is 0 Å². The summed E-state index contributed by atoms with van der Waals surface area (Å²) in [5.41, 5.74) is 1.03. The molecule has 2 rings (SSSR count). The molecule has 0 bridgehead atoms. The summed E-state index contributed by atoms with van der Waals surface area (Å²) < 4.78 is 4.99. The zero-order valence-electron chi connectivity index (χ0n) is 9.77. The predicted molar refractivity (Wildman–Crippen MR) is 60.8 cm³/mol. The zero-order chi connectivity index (χ0) is 11.5. The van der Waals surface area contributed by atoms with Crippen LogP contribution < -0.4 is 5.32 Å². The minimum atomic E-state index is -0.0168. The number of nitrogens with zero attached hydrogens (tertiary/aromatic N) is 1. The first kappa shape index (κ1) is 11.2. The first-order valence-electron chi connectivity index (χ1n) is 5.68. The molecular weight excluding hydrogens is 204 g/mol. The highest BCUT2D eigenvalue weighted by Crippen LogP contribution is 2.17. The number of carbonyl (C=O) groups excluding carboxylic acids is 1. The average molecular weight is 222 g/mol. The summed E-state index contributed by atoms with van der Waals surface area (Å²) in [5, 5.41) is 3.25. The summed E-state index contributed by atoms with van der Waals surface area (Å²) in [4.78, 5) is 13.9. The lowest BCUT2D eigenvalue weighted by molar-refractivity contribution is -0.133. The third-order valence-corrected chi connectivity index (χ3v) is 3.18. The monoisotopic (exact) mass is 222 g/mol. The van der Waals surface area contributed by atoms with Gasteiger partial charge in [-0.05, 0) is 24.9 Å². The Kier molecular flexibility index (Phi) is 3.29. The molecule has 2 heterocycles. The van der Waals surface area contributed by atoms with Crippen molar-refractivity contribution in [3.05, 3.63) is 24.2 Å². The van der Waals surface area contributed by atoms with Gasteiger partial charge in [-0.3, -0.25) is 4.79 Å². The van der Waals surface area contributed by atoms with Gasteiger partial charge in [0.2, 0.25) is 5.91 Å². The van der Waals surface area contributed by atoms with Crippen LogP contribution in [0.5, 0.6) is 0 Å². The molecule has 0 aromatic carbocycles. The normalized spacial score (nSPS) is 24.6. The van der Waals surface area contributed by atoms with E-state index in [0.717, 1.165) is 18.5 Å². The standard InChI is InChI=1S/C12H18N2O2/c1-9-3-5-13-11(9)12(15)14(2)7-10-4-6-16-8-10/h4,6,8-9,11,13H,3,5,7H2,1-2H3. The minimum absolute atomic E-state index is 0.0168. The van der Waals surface area contributed by atoms with Crippen molar-refractivity contribution in [3.8, 4) is 0 Å². The van der Waals surface area contributed by atoms with Crippen molar-refractivity contribution in [2.24, 2.45) is 5.92 Å².